The first-order valence-electron chi connectivity index (χ1n) is 5.94. The van der Waals surface area contributed by atoms with Gasteiger partial charge in [-0.15, -0.1) is 0 Å². The zero-order valence-corrected chi connectivity index (χ0v) is 11.6. The Morgan fingerprint density at radius 1 is 1.24 bits per heavy atom. The Morgan fingerprint density at radius 2 is 2.00 bits per heavy atom. The molecular weight excluding hydrogens is 296 g/mol. The molecule has 4 nitrogen and oxygen atoms in total. The fourth-order valence-corrected chi connectivity index (χ4v) is 1.78. The summed E-state index contributed by atoms with van der Waals surface area (Å²) < 4.78 is 26.7. The highest BCUT2D eigenvalue weighted by atomic mass is 32.1. The quantitative estimate of drug-likeness (QED) is 0.847. The highest BCUT2D eigenvalue weighted by Gasteiger charge is 2.09. The molecule has 2 aromatic rings. The lowest BCUT2D eigenvalue weighted by atomic mass is 10.1. The summed E-state index contributed by atoms with van der Waals surface area (Å²) in [6, 6.07) is 5.30. The number of aromatic nitrogens is 1. The monoisotopic (exact) mass is 307 g/mol. The fraction of sp³-hybridized carbons (Fsp3) is 0.0714. The zero-order chi connectivity index (χ0) is 15.4. The molecule has 0 spiro atoms. The van der Waals surface area contributed by atoms with Crippen molar-refractivity contribution in [3.05, 3.63) is 65.0 Å². The van der Waals surface area contributed by atoms with Crippen molar-refractivity contribution >= 4 is 23.1 Å². The van der Waals surface area contributed by atoms with Crippen molar-refractivity contribution in [1.29, 1.82) is 0 Å². The first-order valence-corrected chi connectivity index (χ1v) is 6.35. The number of rotatable bonds is 4. The standard InChI is InChI=1S/C14H11F2N3OS/c15-11-3-10(5-18-7-11)14(20)19-6-9-2-1-8(13(17)21)4-12(9)16/h1-5,7H,6H2,(H2,17,21)(H,19,20). The molecule has 0 saturated heterocycles. The van der Waals surface area contributed by atoms with E-state index in [1.165, 1.54) is 18.3 Å². The van der Waals surface area contributed by atoms with Gasteiger partial charge in [0.2, 0.25) is 0 Å². The maximum Gasteiger partial charge on any atom is 0.253 e. The second-order valence-corrected chi connectivity index (χ2v) is 4.68. The van der Waals surface area contributed by atoms with Gasteiger partial charge in [-0.25, -0.2) is 8.78 Å². The normalized spacial score (nSPS) is 10.2. The van der Waals surface area contributed by atoms with Gasteiger partial charge in [0, 0.05) is 23.9 Å². The largest absolute Gasteiger partial charge is 0.389 e. The van der Waals surface area contributed by atoms with Gasteiger partial charge >= 0.3 is 0 Å². The van der Waals surface area contributed by atoms with Crippen molar-refractivity contribution in [2.75, 3.05) is 0 Å². The van der Waals surface area contributed by atoms with Crippen LogP contribution in [0, 0.1) is 11.6 Å². The second-order valence-electron chi connectivity index (χ2n) is 4.24. The zero-order valence-electron chi connectivity index (χ0n) is 10.8. The molecule has 2 rings (SSSR count). The molecule has 1 heterocycles. The number of nitrogens with two attached hydrogens (primary N) is 1. The van der Waals surface area contributed by atoms with Gasteiger partial charge in [0.1, 0.15) is 16.6 Å². The summed E-state index contributed by atoms with van der Waals surface area (Å²) in [5.41, 5.74) is 6.14. The molecule has 108 valence electrons. The molecule has 0 radical (unpaired) electrons. The molecule has 0 atom stereocenters. The number of benzene rings is 1. The van der Waals surface area contributed by atoms with Crippen LogP contribution in [-0.4, -0.2) is 15.9 Å². The maximum atomic E-state index is 13.8. The van der Waals surface area contributed by atoms with Gasteiger partial charge in [-0.1, -0.05) is 24.4 Å². The second kappa shape index (κ2) is 6.36. The summed E-state index contributed by atoms with van der Waals surface area (Å²) in [7, 11) is 0. The van der Waals surface area contributed by atoms with E-state index in [1.54, 1.807) is 6.07 Å². The minimum atomic E-state index is -0.616. The Kier molecular flexibility index (Phi) is 4.54. The first kappa shape index (κ1) is 15.0. The molecule has 0 saturated carbocycles. The number of amides is 1. The van der Waals surface area contributed by atoms with Crippen molar-refractivity contribution in [3.8, 4) is 0 Å². The molecule has 0 bridgehead atoms. The summed E-state index contributed by atoms with van der Waals surface area (Å²) >= 11 is 4.75. The van der Waals surface area contributed by atoms with Crippen LogP contribution in [0.5, 0.6) is 0 Å². The average Bonchev–Trinajstić information content (AvgIpc) is 2.45. The molecule has 1 aromatic heterocycles. The highest BCUT2D eigenvalue weighted by molar-refractivity contribution is 7.80. The van der Waals surface area contributed by atoms with E-state index in [2.05, 4.69) is 10.3 Å². The molecule has 0 aliphatic rings. The minimum absolute atomic E-state index is 0.0429. The number of pyridine rings is 1. The Bertz CT molecular complexity index is 706. The number of thiocarbonyl (C=S) groups is 1. The predicted molar refractivity (Wildman–Crippen MR) is 77.7 cm³/mol. The van der Waals surface area contributed by atoms with Crippen LogP contribution in [0.3, 0.4) is 0 Å². The van der Waals surface area contributed by atoms with Crippen LogP contribution in [0.15, 0.2) is 36.7 Å². The van der Waals surface area contributed by atoms with Crippen LogP contribution in [0.4, 0.5) is 8.78 Å². The summed E-state index contributed by atoms with van der Waals surface area (Å²) in [4.78, 5) is 15.4. The Hall–Kier alpha value is -2.41. The highest BCUT2D eigenvalue weighted by Crippen LogP contribution is 2.11. The van der Waals surface area contributed by atoms with Gasteiger partial charge in [0.05, 0.1) is 11.8 Å². The van der Waals surface area contributed by atoms with E-state index < -0.39 is 17.5 Å². The van der Waals surface area contributed by atoms with Gasteiger partial charge in [0.15, 0.2) is 0 Å². The SMILES string of the molecule is NC(=S)c1ccc(CNC(=O)c2cncc(F)c2)c(F)c1. The lowest BCUT2D eigenvalue weighted by molar-refractivity contribution is 0.0949. The number of carbonyl (C=O) groups excluding carboxylic acids is 1. The first-order chi connectivity index (χ1) is 9.97. The molecule has 1 amide bonds. The van der Waals surface area contributed by atoms with Crippen LogP contribution in [0.2, 0.25) is 0 Å². The summed E-state index contributed by atoms with van der Waals surface area (Å²) in [5, 5.41) is 2.48. The number of nitrogens with zero attached hydrogens (tertiary/aromatic N) is 1. The van der Waals surface area contributed by atoms with Crippen LogP contribution in [0.1, 0.15) is 21.5 Å². The van der Waals surface area contributed by atoms with Crippen LogP contribution < -0.4 is 11.1 Å². The molecular formula is C14H11F2N3OS. The fourth-order valence-electron chi connectivity index (χ4n) is 1.66. The van der Waals surface area contributed by atoms with Gasteiger partial charge in [-0.05, 0) is 12.1 Å². The van der Waals surface area contributed by atoms with E-state index in [0.29, 0.717) is 5.56 Å². The number of hydrogen-bond donors (Lipinski definition) is 2. The number of hydrogen-bond acceptors (Lipinski definition) is 3. The van der Waals surface area contributed by atoms with Crippen molar-refractivity contribution in [1.82, 2.24) is 10.3 Å². The minimum Gasteiger partial charge on any atom is -0.389 e. The van der Waals surface area contributed by atoms with Crippen LogP contribution >= 0.6 is 12.2 Å². The average molecular weight is 307 g/mol. The third kappa shape index (κ3) is 3.79. The molecule has 1 aromatic carbocycles. The molecule has 0 aliphatic carbocycles. The topological polar surface area (TPSA) is 68.0 Å². The van der Waals surface area contributed by atoms with Gasteiger partial charge < -0.3 is 11.1 Å². The molecule has 7 heteroatoms. The van der Waals surface area contributed by atoms with E-state index in [4.69, 9.17) is 18.0 Å². The van der Waals surface area contributed by atoms with E-state index in [-0.39, 0.29) is 22.7 Å². The van der Waals surface area contributed by atoms with E-state index in [1.807, 2.05) is 0 Å². The molecule has 21 heavy (non-hydrogen) atoms. The Morgan fingerprint density at radius 3 is 2.62 bits per heavy atom. The molecule has 3 N–H and O–H groups in total. The van der Waals surface area contributed by atoms with Crippen LogP contribution in [-0.2, 0) is 6.54 Å². The summed E-state index contributed by atoms with van der Waals surface area (Å²) in [5.74, 6) is -1.69. The predicted octanol–water partition coefficient (Wildman–Crippen LogP) is 1.92. The Labute approximate surface area is 125 Å². The number of halogens is 2. The smallest absolute Gasteiger partial charge is 0.253 e. The summed E-state index contributed by atoms with van der Waals surface area (Å²) in [6.07, 6.45) is 2.22. The number of carbonyl (C=O) groups is 1. The van der Waals surface area contributed by atoms with Crippen LogP contribution in [0.25, 0.3) is 0 Å². The molecule has 0 aliphatic heterocycles. The van der Waals surface area contributed by atoms with Gasteiger partial charge in [0.25, 0.3) is 5.91 Å². The third-order valence-electron chi connectivity index (χ3n) is 2.74. The van der Waals surface area contributed by atoms with Crippen molar-refractivity contribution in [2.45, 2.75) is 6.54 Å². The van der Waals surface area contributed by atoms with Gasteiger partial charge in [-0.3, -0.25) is 9.78 Å². The maximum absolute atomic E-state index is 13.8. The van der Waals surface area contributed by atoms with Gasteiger partial charge in [-0.2, -0.15) is 0 Å². The van der Waals surface area contributed by atoms with E-state index in [9.17, 15) is 13.6 Å². The summed E-state index contributed by atoms with van der Waals surface area (Å²) in [6.45, 7) is -0.0429. The van der Waals surface area contributed by atoms with E-state index in [0.717, 1.165) is 12.3 Å². The lowest BCUT2D eigenvalue weighted by Crippen LogP contribution is -2.23. The van der Waals surface area contributed by atoms with Crippen molar-refractivity contribution in [3.63, 3.8) is 0 Å². The molecule has 0 unspecified atom stereocenters. The number of nitrogens with one attached hydrogen (secondary N) is 1. The van der Waals surface area contributed by atoms with Crippen molar-refractivity contribution < 1.29 is 13.6 Å². The molecule has 0 fully saturated rings. The third-order valence-corrected chi connectivity index (χ3v) is 2.98. The Balaban J connectivity index is 2.06. The van der Waals surface area contributed by atoms with Crippen molar-refractivity contribution in [2.24, 2.45) is 5.73 Å². The van der Waals surface area contributed by atoms with E-state index >= 15 is 0 Å². The lowest BCUT2D eigenvalue weighted by Gasteiger charge is -2.07.